The van der Waals surface area contributed by atoms with Gasteiger partial charge in [-0.15, -0.1) is 11.3 Å². The molecule has 2 aliphatic rings. The Hall–Kier alpha value is -1.20. The maximum absolute atomic E-state index is 12.7. The van der Waals surface area contributed by atoms with Gasteiger partial charge in [-0.2, -0.15) is 11.3 Å². The van der Waals surface area contributed by atoms with Gasteiger partial charge in [-0.25, -0.2) is 4.98 Å². The maximum Gasteiger partial charge on any atom is 0.273 e. The van der Waals surface area contributed by atoms with Crippen LogP contribution in [0.15, 0.2) is 22.2 Å². The number of carbonyl (C=O) groups excluding carboxylic acids is 1. The van der Waals surface area contributed by atoms with Crippen LogP contribution >= 0.6 is 22.7 Å². The number of rotatable bonds is 2. The third-order valence-electron chi connectivity index (χ3n) is 5.07. The molecular weight excluding hydrogens is 312 g/mol. The van der Waals surface area contributed by atoms with Crippen LogP contribution in [0.1, 0.15) is 42.6 Å². The Kier molecular flexibility index (Phi) is 4.01. The van der Waals surface area contributed by atoms with Crippen LogP contribution in [0.2, 0.25) is 0 Å². The number of thiophene rings is 1. The van der Waals surface area contributed by atoms with Crippen molar-refractivity contribution in [3.63, 3.8) is 0 Å². The van der Waals surface area contributed by atoms with Crippen LogP contribution in [0, 0.1) is 11.8 Å². The molecule has 0 N–H and O–H groups in total. The fourth-order valence-electron chi connectivity index (χ4n) is 3.84. The van der Waals surface area contributed by atoms with Gasteiger partial charge < -0.3 is 4.90 Å². The van der Waals surface area contributed by atoms with Gasteiger partial charge in [0.15, 0.2) is 0 Å². The van der Waals surface area contributed by atoms with Crippen molar-refractivity contribution in [2.24, 2.45) is 11.8 Å². The highest BCUT2D eigenvalue weighted by atomic mass is 32.1. The molecule has 2 atom stereocenters. The van der Waals surface area contributed by atoms with Crippen LogP contribution in [0.3, 0.4) is 0 Å². The van der Waals surface area contributed by atoms with E-state index in [1.807, 2.05) is 15.7 Å². The first kappa shape index (κ1) is 14.4. The lowest BCUT2D eigenvalue weighted by molar-refractivity contribution is 0.0516. The molecular formula is C17H20N2OS2. The first-order chi connectivity index (χ1) is 10.8. The quantitative estimate of drug-likeness (QED) is 0.810. The summed E-state index contributed by atoms with van der Waals surface area (Å²) in [6, 6.07) is 2.06. The molecule has 1 saturated carbocycles. The Labute approximate surface area is 139 Å². The van der Waals surface area contributed by atoms with Crippen molar-refractivity contribution >= 4 is 28.6 Å². The van der Waals surface area contributed by atoms with Gasteiger partial charge >= 0.3 is 0 Å². The van der Waals surface area contributed by atoms with E-state index in [0.717, 1.165) is 35.5 Å². The molecule has 3 heterocycles. The number of amides is 1. The zero-order chi connectivity index (χ0) is 14.9. The minimum Gasteiger partial charge on any atom is -0.337 e. The number of thiazole rings is 1. The Bertz CT molecular complexity index is 649. The van der Waals surface area contributed by atoms with Gasteiger partial charge in [0.1, 0.15) is 10.7 Å². The zero-order valence-electron chi connectivity index (χ0n) is 12.5. The van der Waals surface area contributed by atoms with Crippen LogP contribution in [-0.2, 0) is 0 Å². The van der Waals surface area contributed by atoms with Gasteiger partial charge in [-0.1, -0.05) is 19.3 Å². The summed E-state index contributed by atoms with van der Waals surface area (Å²) < 4.78 is 0. The lowest BCUT2D eigenvalue weighted by Crippen LogP contribution is -2.44. The molecule has 0 aromatic carbocycles. The highest BCUT2D eigenvalue weighted by Crippen LogP contribution is 2.36. The zero-order valence-corrected chi connectivity index (χ0v) is 14.2. The van der Waals surface area contributed by atoms with Gasteiger partial charge in [0, 0.05) is 29.4 Å². The molecule has 2 aromatic heterocycles. The topological polar surface area (TPSA) is 33.2 Å². The van der Waals surface area contributed by atoms with Gasteiger partial charge in [0.05, 0.1) is 0 Å². The van der Waals surface area contributed by atoms with Crippen LogP contribution < -0.4 is 0 Å². The summed E-state index contributed by atoms with van der Waals surface area (Å²) in [7, 11) is 0. The summed E-state index contributed by atoms with van der Waals surface area (Å²) in [5.41, 5.74) is 1.75. The third kappa shape index (κ3) is 2.72. The molecule has 22 heavy (non-hydrogen) atoms. The van der Waals surface area contributed by atoms with Crippen LogP contribution in [-0.4, -0.2) is 28.9 Å². The Morgan fingerprint density at radius 3 is 2.86 bits per heavy atom. The largest absolute Gasteiger partial charge is 0.337 e. The van der Waals surface area contributed by atoms with E-state index in [1.165, 1.54) is 32.1 Å². The van der Waals surface area contributed by atoms with Gasteiger partial charge in [-0.3, -0.25) is 4.79 Å². The minimum atomic E-state index is 0.127. The Morgan fingerprint density at radius 1 is 1.18 bits per heavy atom. The number of likely N-dealkylation sites (tertiary alicyclic amines) is 1. The summed E-state index contributed by atoms with van der Waals surface area (Å²) in [4.78, 5) is 19.3. The van der Waals surface area contributed by atoms with Crippen LogP contribution in [0.25, 0.3) is 10.6 Å². The second-order valence-electron chi connectivity index (χ2n) is 6.39. The SMILES string of the molecule is O=C(c1csc(-c2ccsc2)n1)N1CC[C@H]2CCCC[C@H]2C1. The number of nitrogens with zero attached hydrogens (tertiary/aromatic N) is 2. The van der Waals surface area contributed by atoms with Gasteiger partial charge in [-0.05, 0) is 36.1 Å². The Balaban J connectivity index is 1.48. The molecule has 0 bridgehead atoms. The molecule has 1 saturated heterocycles. The number of carbonyl (C=O) groups is 1. The number of fused-ring (bicyclic) bond motifs is 1. The molecule has 116 valence electrons. The second kappa shape index (κ2) is 6.13. The van der Waals surface area contributed by atoms with Crippen molar-refractivity contribution < 1.29 is 4.79 Å². The minimum absolute atomic E-state index is 0.127. The van der Waals surface area contributed by atoms with E-state index < -0.39 is 0 Å². The second-order valence-corrected chi connectivity index (χ2v) is 8.03. The first-order valence-electron chi connectivity index (χ1n) is 8.08. The van der Waals surface area contributed by atoms with E-state index in [9.17, 15) is 4.79 Å². The van der Waals surface area contributed by atoms with E-state index >= 15 is 0 Å². The summed E-state index contributed by atoms with van der Waals surface area (Å²) in [6.07, 6.45) is 6.56. The summed E-state index contributed by atoms with van der Waals surface area (Å²) in [6.45, 7) is 1.85. The predicted molar refractivity (Wildman–Crippen MR) is 91.4 cm³/mol. The van der Waals surface area contributed by atoms with Crippen LogP contribution in [0.5, 0.6) is 0 Å². The predicted octanol–water partition coefficient (Wildman–Crippen LogP) is 4.52. The summed E-state index contributed by atoms with van der Waals surface area (Å²) >= 11 is 3.23. The van der Waals surface area contributed by atoms with E-state index in [4.69, 9.17) is 0 Å². The first-order valence-corrected chi connectivity index (χ1v) is 9.91. The summed E-state index contributed by atoms with van der Waals surface area (Å²) in [5.74, 6) is 1.71. The van der Waals surface area contributed by atoms with Crippen molar-refractivity contribution in [3.05, 3.63) is 27.9 Å². The number of aromatic nitrogens is 1. The Morgan fingerprint density at radius 2 is 2.05 bits per heavy atom. The molecule has 5 heteroatoms. The van der Waals surface area contributed by atoms with Crippen molar-refractivity contribution in [3.8, 4) is 10.6 Å². The maximum atomic E-state index is 12.7. The average Bonchev–Trinajstić information content (AvgIpc) is 3.24. The molecule has 0 radical (unpaired) electrons. The van der Waals surface area contributed by atoms with Crippen LogP contribution in [0.4, 0.5) is 0 Å². The van der Waals surface area contributed by atoms with Crippen molar-refractivity contribution in [1.29, 1.82) is 0 Å². The fourth-order valence-corrected chi connectivity index (χ4v) is 5.34. The monoisotopic (exact) mass is 332 g/mol. The lowest BCUT2D eigenvalue weighted by atomic mass is 9.75. The lowest BCUT2D eigenvalue weighted by Gasteiger charge is -2.41. The van der Waals surface area contributed by atoms with Gasteiger partial charge in [0.25, 0.3) is 5.91 Å². The van der Waals surface area contributed by atoms with E-state index in [-0.39, 0.29) is 5.91 Å². The van der Waals surface area contributed by atoms with Gasteiger partial charge in [0.2, 0.25) is 0 Å². The third-order valence-corrected chi connectivity index (χ3v) is 6.64. The number of hydrogen-bond acceptors (Lipinski definition) is 4. The van der Waals surface area contributed by atoms with Crippen molar-refractivity contribution in [1.82, 2.24) is 9.88 Å². The molecule has 1 aliphatic carbocycles. The van der Waals surface area contributed by atoms with Crippen molar-refractivity contribution in [2.45, 2.75) is 32.1 Å². The molecule has 2 aromatic rings. The molecule has 4 rings (SSSR count). The molecule has 0 spiro atoms. The molecule has 0 unspecified atom stereocenters. The summed E-state index contributed by atoms with van der Waals surface area (Å²) in [5, 5.41) is 7.01. The molecule has 1 aliphatic heterocycles. The number of hydrogen-bond donors (Lipinski definition) is 0. The number of piperidine rings is 1. The standard InChI is InChI=1S/C17H20N2OS2/c20-17(15-11-22-16(18-15)14-6-8-21-10-14)19-7-5-12-3-1-2-4-13(12)9-19/h6,8,10-13H,1-5,7,9H2/t12-,13+/m1/s1. The fraction of sp³-hybridized carbons (Fsp3) is 0.529. The van der Waals surface area contributed by atoms with E-state index in [2.05, 4.69) is 16.4 Å². The average molecular weight is 332 g/mol. The van der Waals surface area contributed by atoms with E-state index in [1.54, 1.807) is 22.7 Å². The van der Waals surface area contributed by atoms with Crippen molar-refractivity contribution in [2.75, 3.05) is 13.1 Å². The highest BCUT2D eigenvalue weighted by molar-refractivity contribution is 7.14. The molecule has 1 amide bonds. The molecule has 2 fully saturated rings. The normalized spacial score (nSPS) is 25.0. The molecule has 3 nitrogen and oxygen atoms in total. The van der Waals surface area contributed by atoms with E-state index in [0.29, 0.717) is 5.69 Å². The smallest absolute Gasteiger partial charge is 0.273 e. The highest BCUT2D eigenvalue weighted by Gasteiger charge is 2.33.